The molecule has 1 atom stereocenters. The van der Waals surface area contributed by atoms with E-state index in [1.54, 1.807) is 12.1 Å². The maximum atomic E-state index is 12.0. The van der Waals surface area contributed by atoms with Gasteiger partial charge in [-0.25, -0.2) is 4.79 Å². The normalized spacial score (nSPS) is 17.6. The van der Waals surface area contributed by atoms with E-state index in [-0.39, 0.29) is 12.1 Å². The van der Waals surface area contributed by atoms with E-state index >= 15 is 0 Å². The van der Waals surface area contributed by atoms with Crippen LogP contribution in [-0.4, -0.2) is 12.1 Å². The van der Waals surface area contributed by atoms with Gasteiger partial charge in [-0.2, -0.15) is 0 Å². The van der Waals surface area contributed by atoms with E-state index in [9.17, 15) is 4.79 Å². The average molecular weight is 252 g/mol. The van der Waals surface area contributed by atoms with Crippen molar-refractivity contribution in [1.82, 2.24) is 0 Å². The molecule has 0 bridgehead atoms. The molecular formula is C17H16O2. The van der Waals surface area contributed by atoms with Crippen LogP contribution in [0.1, 0.15) is 27.9 Å². The van der Waals surface area contributed by atoms with Gasteiger partial charge in [-0.05, 0) is 36.1 Å². The average Bonchev–Trinajstić information content (AvgIpc) is 2.48. The van der Waals surface area contributed by atoms with Crippen molar-refractivity contribution < 1.29 is 9.53 Å². The fraction of sp³-hybridized carbons (Fsp3) is 0.235. The lowest BCUT2D eigenvalue weighted by Crippen LogP contribution is -2.25. The quantitative estimate of drug-likeness (QED) is 0.766. The minimum atomic E-state index is -0.218. The maximum Gasteiger partial charge on any atom is 0.338 e. The number of fused-ring (bicyclic) bond motifs is 1. The van der Waals surface area contributed by atoms with Crippen LogP contribution < -0.4 is 0 Å². The van der Waals surface area contributed by atoms with Crippen LogP contribution in [-0.2, 0) is 17.6 Å². The van der Waals surface area contributed by atoms with E-state index in [1.807, 2.05) is 24.3 Å². The SMILES string of the molecule is O=C(OC1CCc2ccccc2C1)c1ccccc1. The molecule has 0 aliphatic heterocycles. The molecule has 0 saturated heterocycles. The summed E-state index contributed by atoms with van der Waals surface area (Å²) >= 11 is 0. The van der Waals surface area contributed by atoms with Crippen LogP contribution in [0.3, 0.4) is 0 Å². The third kappa shape index (κ3) is 2.68. The van der Waals surface area contributed by atoms with Gasteiger partial charge in [0.25, 0.3) is 0 Å². The molecule has 2 aromatic rings. The van der Waals surface area contributed by atoms with Crippen molar-refractivity contribution in [1.29, 1.82) is 0 Å². The Hall–Kier alpha value is -2.09. The molecule has 2 heteroatoms. The second kappa shape index (κ2) is 5.27. The Bertz CT molecular complexity index is 575. The van der Waals surface area contributed by atoms with Gasteiger partial charge in [0.05, 0.1) is 5.56 Å². The van der Waals surface area contributed by atoms with Gasteiger partial charge in [-0.3, -0.25) is 0 Å². The molecule has 0 fully saturated rings. The van der Waals surface area contributed by atoms with Crippen molar-refractivity contribution in [3.63, 3.8) is 0 Å². The topological polar surface area (TPSA) is 26.3 Å². The summed E-state index contributed by atoms with van der Waals surface area (Å²) in [7, 11) is 0. The number of carbonyl (C=O) groups excluding carboxylic acids is 1. The number of hydrogen-bond donors (Lipinski definition) is 0. The fourth-order valence-electron chi connectivity index (χ4n) is 2.56. The van der Waals surface area contributed by atoms with Gasteiger partial charge in [-0.15, -0.1) is 0 Å². The van der Waals surface area contributed by atoms with Crippen LogP contribution in [0, 0.1) is 0 Å². The van der Waals surface area contributed by atoms with E-state index in [0.29, 0.717) is 5.56 Å². The minimum absolute atomic E-state index is 0.00241. The molecule has 2 nitrogen and oxygen atoms in total. The largest absolute Gasteiger partial charge is 0.458 e. The maximum absolute atomic E-state index is 12.0. The summed E-state index contributed by atoms with van der Waals surface area (Å²) in [6, 6.07) is 17.6. The zero-order chi connectivity index (χ0) is 13.1. The first-order valence-electron chi connectivity index (χ1n) is 6.66. The highest BCUT2D eigenvalue weighted by Crippen LogP contribution is 2.23. The number of ether oxygens (including phenoxy) is 1. The van der Waals surface area contributed by atoms with Crippen LogP contribution in [0.2, 0.25) is 0 Å². The Morgan fingerprint density at radius 2 is 1.63 bits per heavy atom. The van der Waals surface area contributed by atoms with Gasteiger partial charge in [0.2, 0.25) is 0 Å². The van der Waals surface area contributed by atoms with Crippen LogP contribution in [0.15, 0.2) is 54.6 Å². The molecular weight excluding hydrogens is 236 g/mol. The van der Waals surface area contributed by atoms with Crippen LogP contribution in [0.25, 0.3) is 0 Å². The van der Waals surface area contributed by atoms with E-state index in [4.69, 9.17) is 4.74 Å². The molecule has 0 radical (unpaired) electrons. The van der Waals surface area contributed by atoms with Crippen LogP contribution >= 0.6 is 0 Å². The Kier molecular flexibility index (Phi) is 3.32. The lowest BCUT2D eigenvalue weighted by Gasteiger charge is -2.24. The second-order valence-corrected chi connectivity index (χ2v) is 4.90. The first kappa shape index (κ1) is 12.0. The number of carbonyl (C=O) groups is 1. The molecule has 0 amide bonds. The van der Waals surface area contributed by atoms with Crippen LogP contribution in [0.5, 0.6) is 0 Å². The Labute approximate surface area is 113 Å². The van der Waals surface area contributed by atoms with Gasteiger partial charge >= 0.3 is 5.97 Å². The number of hydrogen-bond acceptors (Lipinski definition) is 2. The van der Waals surface area contributed by atoms with Crippen molar-refractivity contribution in [3.8, 4) is 0 Å². The lowest BCUT2D eigenvalue weighted by molar-refractivity contribution is 0.0271. The Morgan fingerprint density at radius 1 is 0.947 bits per heavy atom. The van der Waals surface area contributed by atoms with Crippen molar-refractivity contribution in [2.75, 3.05) is 0 Å². The summed E-state index contributed by atoms with van der Waals surface area (Å²) in [5.41, 5.74) is 3.32. The highest BCUT2D eigenvalue weighted by molar-refractivity contribution is 5.89. The summed E-state index contributed by atoms with van der Waals surface area (Å²) in [5, 5.41) is 0. The predicted molar refractivity (Wildman–Crippen MR) is 74.1 cm³/mol. The van der Waals surface area contributed by atoms with Gasteiger partial charge < -0.3 is 4.74 Å². The number of esters is 1. The monoisotopic (exact) mass is 252 g/mol. The highest BCUT2D eigenvalue weighted by Gasteiger charge is 2.21. The van der Waals surface area contributed by atoms with Crippen molar-refractivity contribution in [2.24, 2.45) is 0 Å². The summed E-state index contributed by atoms with van der Waals surface area (Å²) < 4.78 is 5.60. The molecule has 0 N–H and O–H groups in total. The number of rotatable bonds is 2. The second-order valence-electron chi connectivity index (χ2n) is 4.90. The molecule has 1 aliphatic rings. The predicted octanol–water partition coefficient (Wildman–Crippen LogP) is 3.40. The zero-order valence-corrected chi connectivity index (χ0v) is 10.7. The van der Waals surface area contributed by atoms with Gasteiger partial charge in [0.15, 0.2) is 0 Å². The van der Waals surface area contributed by atoms with Crippen LogP contribution in [0.4, 0.5) is 0 Å². The molecule has 19 heavy (non-hydrogen) atoms. The summed E-state index contributed by atoms with van der Waals surface area (Å²) in [5.74, 6) is -0.218. The molecule has 3 rings (SSSR count). The van der Waals surface area contributed by atoms with Gasteiger partial charge in [-0.1, -0.05) is 42.5 Å². The summed E-state index contributed by atoms with van der Waals surface area (Å²) in [4.78, 5) is 12.0. The first-order valence-corrected chi connectivity index (χ1v) is 6.66. The first-order chi connectivity index (χ1) is 9.33. The molecule has 0 aromatic heterocycles. The molecule has 0 spiro atoms. The summed E-state index contributed by atoms with van der Waals surface area (Å²) in [6.45, 7) is 0. The molecule has 0 heterocycles. The minimum Gasteiger partial charge on any atom is -0.458 e. The van der Waals surface area contributed by atoms with E-state index in [2.05, 4.69) is 18.2 Å². The van der Waals surface area contributed by atoms with Gasteiger partial charge in [0, 0.05) is 6.42 Å². The van der Waals surface area contributed by atoms with Gasteiger partial charge in [0.1, 0.15) is 6.10 Å². The molecule has 1 unspecified atom stereocenters. The smallest absolute Gasteiger partial charge is 0.338 e. The number of aryl methyl sites for hydroxylation is 1. The standard InChI is InChI=1S/C17H16O2/c18-17(14-7-2-1-3-8-14)19-16-11-10-13-6-4-5-9-15(13)12-16/h1-9,16H,10-12H2. The lowest BCUT2D eigenvalue weighted by atomic mass is 9.90. The number of benzene rings is 2. The fourth-order valence-corrected chi connectivity index (χ4v) is 2.56. The molecule has 0 saturated carbocycles. The Morgan fingerprint density at radius 3 is 2.42 bits per heavy atom. The van der Waals surface area contributed by atoms with E-state index < -0.39 is 0 Å². The van der Waals surface area contributed by atoms with Crippen molar-refractivity contribution in [2.45, 2.75) is 25.4 Å². The molecule has 1 aliphatic carbocycles. The highest BCUT2D eigenvalue weighted by atomic mass is 16.5. The molecule has 2 aromatic carbocycles. The zero-order valence-electron chi connectivity index (χ0n) is 10.7. The third-order valence-corrected chi connectivity index (χ3v) is 3.58. The van der Waals surface area contributed by atoms with Crippen molar-refractivity contribution >= 4 is 5.97 Å². The van der Waals surface area contributed by atoms with E-state index in [1.165, 1.54) is 11.1 Å². The third-order valence-electron chi connectivity index (χ3n) is 3.58. The van der Waals surface area contributed by atoms with E-state index in [0.717, 1.165) is 19.3 Å². The Balaban J connectivity index is 1.68. The summed E-state index contributed by atoms with van der Waals surface area (Å²) in [6.07, 6.45) is 2.73. The molecule has 96 valence electrons. The van der Waals surface area contributed by atoms with Crippen molar-refractivity contribution in [3.05, 3.63) is 71.3 Å².